The summed E-state index contributed by atoms with van der Waals surface area (Å²) in [6.45, 7) is 8.46. The average Bonchev–Trinajstić information content (AvgIpc) is 3.58. The summed E-state index contributed by atoms with van der Waals surface area (Å²) < 4.78 is 43.6. The number of hydrogen-bond donors (Lipinski definition) is 1. The van der Waals surface area contributed by atoms with Crippen molar-refractivity contribution < 1.29 is 32.6 Å². The fraction of sp³-hybridized carbons (Fsp3) is 0.594. The van der Waals surface area contributed by atoms with E-state index in [9.17, 15) is 19.6 Å². The number of carbonyl (C=O) groups is 3. The van der Waals surface area contributed by atoms with Gasteiger partial charge in [-0.3, -0.25) is 9.59 Å². The van der Waals surface area contributed by atoms with E-state index in [-0.39, 0.29) is 42.2 Å². The van der Waals surface area contributed by atoms with Crippen molar-refractivity contribution in [2.45, 2.75) is 96.9 Å². The molecule has 5 rings (SSSR count). The van der Waals surface area contributed by atoms with Gasteiger partial charge in [0, 0.05) is 17.7 Å². The van der Waals surface area contributed by atoms with E-state index in [1.54, 1.807) is 39.8 Å². The number of aromatic nitrogens is 1. The van der Waals surface area contributed by atoms with Crippen LogP contribution in [0.5, 0.6) is 5.88 Å². The van der Waals surface area contributed by atoms with Crippen molar-refractivity contribution in [1.82, 2.24) is 15.2 Å². The van der Waals surface area contributed by atoms with E-state index < -0.39 is 53.9 Å². The second kappa shape index (κ2) is 11.4. The number of benzene rings is 1. The number of halogens is 2. The topological polar surface area (TPSA) is 122 Å². The Morgan fingerprint density at radius 3 is 2.58 bits per heavy atom. The van der Waals surface area contributed by atoms with Crippen LogP contribution in [0, 0.1) is 28.6 Å². The molecule has 2 aliphatic heterocycles. The van der Waals surface area contributed by atoms with Crippen LogP contribution >= 0.6 is 0 Å². The fourth-order valence-corrected chi connectivity index (χ4v) is 6.30. The molecule has 3 aliphatic rings. The van der Waals surface area contributed by atoms with Gasteiger partial charge in [-0.1, -0.05) is 40.2 Å². The van der Waals surface area contributed by atoms with Gasteiger partial charge in [0.05, 0.1) is 35.3 Å². The molecular formula is C32H38F2N4O5. The number of ketones is 1. The number of pyridine rings is 1. The van der Waals surface area contributed by atoms with Crippen LogP contribution in [0.4, 0.5) is 13.6 Å². The third-order valence-corrected chi connectivity index (χ3v) is 8.87. The van der Waals surface area contributed by atoms with Gasteiger partial charge in [-0.05, 0) is 55.7 Å². The van der Waals surface area contributed by atoms with Crippen molar-refractivity contribution in [1.29, 1.82) is 5.26 Å². The lowest BCUT2D eigenvalue weighted by Crippen LogP contribution is -2.57. The van der Waals surface area contributed by atoms with Gasteiger partial charge in [0.15, 0.2) is 5.78 Å². The molecule has 1 aromatic carbocycles. The van der Waals surface area contributed by atoms with Crippen LogP contribution in [0.25, 0.3) is 10.9 Å². The first-order chi connectivity index (χ1) is 20.2. The van der Waals surface area contributed by atoms with E-state index in [4.69, 9.17) is 9.47 Å². The summed E-state index contributed by atoms with van der Waals surface area (Å²) in [5.41, 5.74) is -0.439. The average molecular weight is 597 g/mol. The normalized spacial score (nSPS) is 29.6. The van der Waals surface area contributed by atoms with Crippen LogP contribution < -0.4 is 10.1 Å². The second-order valence-electron chi connectivity index (χ2n) is 13.3. The predicted molar refractivity (Wildman–Crippen MR) is 153 cm³/mol. The standard InChI is InChI=1S/C32H38F2N4O5/c1-17-25-16-38(26(17)18(2)39)29(40)27(31(3,4)5)37-30(41)43-24-14-21(24)8-6-7-11-32(33,34)22-13-20-10-9-19(15-35)12-23(20)36-28(22)42-25/h9-10,12-13,17,21,24-27H,6-8,11,14,16H2,1-5H3,(H,37,41)/t17-,21-,24-,25+,26+,27-/m1/s1. The Hall–Kier alpha value is -3.81. The van der Waals surface area contributed by atoms with E-state index in [2.05, 4.69) is 10.3 Å². The fourth-order valence-electron chi connectivity index (χ4n) is 6.30. The Bertz CT molecular complexity index is 1480. The molecule has 9 nitrogen and oxygen atoms in total. The third kappa shape index (κ3) is 6.29. The maximum atomic E-state index is 15.9. The molecule has 230 valence electrons. The van der Waals surface area contributed by atoms with E-state index in [0.717, 1.165) is 0 Å². The molecule has 1 aromatic heterocycles. The number of rotatable bonds is 1. The van der Waals surface area contributed by atoms with Crippen LogP contribution in [-0.4, -0.2) is 58.5 Å². The van der Waals surface area contributed by atoms with Gasteiger partial charge < -0.3 is 19.7 Å². The molecule has 2 aromatic rings. The number of alkyl halides is 2. The zero-order valence-corrected chi connectivity index (χ0v) is 25.2. The monoisotopic (exact) mass is 596 g/mol. The molecule has 2 fully saturated rings. The summed E-state index contributed by atoms with van der Waals surface area (Å²) >= 11 is 0. The SMILES string of the molecule is CC(=O)[C@@H]1[C@H](C)[C@@H]2CN1C(=O)[C@H](C(C)(C)C)NC(=O)O[C@@H]1C[C@H]1CCCCC(F)(F)c1cc3ccc(C#N)cc3nc1O2. The molecule has 11 heteroatoms. The Morgan fingerprint density at radius 2 is 1.91 bits per heavy atom. The van der Waals surface area contributed by atoms with Gasteiger partial charge >= 0.3 is 6.09 Å². The Kier molecular flexibility index (Phi) is 8.09. The highest BCUT2D eigenvalue weighted by atomic mass is 19.3. The molecule has 3 heterocycles. The Labute approximate surface area is 249 Å². The number of nitrogens with one attached hydrogen (secondary N) is 1. The first-order valence-corrected chi connectivity index (χ1v) is 14.9. The largest absolute Gasteiger partial charge is 0.472 e. The number of nitrogens with zero attached hydrogens (tertiary/aromatic N) is 3. The van der Waals surface area contributed by atoms with Crippen molar-refractivity contribution in [3.63, 3.8) is 0 Å². The Morgan fingerprint density at radius 1 is 1.16 bits per heavy atom. The minimum Gasteiger partial charge on any atom is -0.472 e. The number of nitriles is 1. The van der Waals surface area contributed by atoms with Gasteiger partial charge in [0.1, 0.15) is 18.2 Å². The highest BCUT2D eigenvalue weighted by Crippen LogP contribution is 2.43. The highest BCUT2D eigenvalue weighted by Gasteiger charge is 2.50. The van der Waals surface area contributed by atoms with Crippen LogP contribution in [0.15, 0.2) is 24.3 Å². The molecule has 0 radical (unpaired) electrons. The molecule has 1 aliphatic carbocycles. The number of amides is 2. The van der Waals surface area contributed by atoms with E-state index in [1.165, 1.54) is 24.0 Å². The maximum Gasteiger partial charge on any atom is 0.408 e. The lowest BCUT2D eigenvalue weighted by Gasteiger charge is -2.35. The summed E-state index contributed by atoms with van der Waals surface area (Å²) in [5, 5.41) is 12.6. The zero-order chi connectivity index (χ0) is 31.3. The summed E-state index contributed by atoms with van der Waals surface area (Å²) in [6.07, 6.45) is -0.244. The second-order valence-corrected chi connectivity index (χ2v) is 13.3. The van der Waals surface area contributed by atoms with Gasteiger partial charge in [-0.15, -0.1) is 0 Å². The number of ether oxygens (including phenoxy) is 2. The van der Waals surface area contributed by atoms with Crippen molar-refractivity contribution in [3.05, 3.63) is 35.4 Å². The third-order valence-electron chi connectivity index (χ3n) is 8.87. The molecule has 1 saturated carbocycles. The molecular weight excluding hydrogens is 558 g/mol. The van der Waals surface area contributed by atoms with E-state index in [1.807, 2.05) is 6.07 Å². The first-order valence-electron chi connectivity index (χ1n) is 14.9. The predicted octanol–water partition coefficient (Wildman–Crippen LogP) is 5.48. The summed E-state index contributed by atoms with van der Waals surface area (Å²) in [6, 6.07) is 6.14. The molecule has 0 unspecified atom stereocenters. The summed E-state index contributed by atoms with van der Waals surface area (Å²) in [7, 11) is 0. The minimum atomic E-state index is -3.27. The maximum absolute atomic E-state index is 15.9. The van der Waals surface area contributed by atoms with Crippen LogP contribution in [0.3, 0.4) is 0 Å². The van der Waals surface area contributed by atoms with Crippen molar-refractivity contribution >= 4 is 28.7 Å². The molecule has 0 spiro atoms. The lowest BCUT2D eigenvalue weighted by atomic mass is 9.85. The number of alkyl carbamates (subject to hydrolysis) is 1. The number of fused-ring (bicyclic) bond motifs is 5. The molecule has 1 N–H and O–H groups in total. The number of Topliss-reactive ketones (excluding diaryl/α,β-unsaturated/α-hetero) is 1. The summed E-state index contributed by atoms with van der Waals surface area (Å²) in [4.78, 5) is 45.6. The van der Waals surface area contributed by atoms with Crippen LogP contribution in [-0.2, 0) is 20.2 Å². The van der Waals surface area contributed by atoms with Gasteiger partial charge in [0.25, 0.3) is 5.92 Å². The lowest BCUT2D eigenvalue weighted by molar-refractivity contribution is -0.141. The van der Waals surface area contributed by atoms with Gasteiger partial charge in [-0.2, -0.15) is 5.26 Å². The smallest absolute Gasteiger partial charge is 0.408 e. The van der Waals surface area contributed by atoms with E-state index in [0.29, 0.717) is 35.7 Å². The van der Waals surface area contributed by atoms with Crippen molar-refractivity contribution in [3.8, 4) is 11.9 Å². The van der Waals surface area contributed by atoms with Gasteiger partial charge in [-0.25, -0.2) is 18.6 Å². The number of hydrogen-bond acceptors (Lipinski definition) is 7. The Balaban J connectivity index is 1.57. The minimum absolute atomic E-state index is 0.0682. The molecule has 6 atom stereocenters. The molecule has 43 heavy (non-hydrogen) atoms. The van der Waals surface area contributed by atoms with Crippen LogP contribution in [0.1, 0.15) is 77.8 Å². The molecule has 2 bridgehead atoms. The highest BCUT2D eigenvalue weighted by molar-refractivity contribution is 5.92. The van der Waals surface area contributed by atoms with Crippen molar-refractivity contribution in [2.75, 3.05) is 6.54 Å². The first kappa shape index (κ1) is 30.6. The van der Waals surface area contributed by atoms with Crippen molar-refractivity contribution in [2.24, 2.45) is 17.3 Å². The zero-order valence-electron chi connectivity index (χ0n) is 25.2. The quantitative estimate of drug-likeness (QED) is 0.462. The summed E-state index contributed by atoms with van der Waals surface area (Å²) in [5.74, 6) is -4.80. The van der Waals surface area contributed by atoms with Crippen LogP contribution in [0.2, 0.25) is 0 Å². The number of carbonyl (C=O) groups excluding carboxylic acids is 3. The molecule has 2 amide bonds. The van der Waals surface area contributed by atoms with Gasteiger partial charge in [0.2, 0.25) is 11.8 Å². The van der Waals surface area contributed by atoms with E-state index >= 15 is 8.78 Å². The molecule has 1 saturated heterocycles.